The van der Waals surface area contributed by atoms with Crippen LogP contribution in [-0.2, 0) is 14.3 Å². The number of Topliss-reactive ketones (excluding diaryl/α,β-unsaturated/α-hetero) is 1. The van der Waals surface area contributed by atoms with Gasteiger partial charge in [0.2, 0.25) is 0 Å². The van der Waals surface area contributed by atoms with Gasteiger partial charge in [0.15, 0.2) is 5.78 Å². The van der Waals surface area contributed by atoms with Gasteiger partial charge in [0.05, 0.1) is 0 Å². The monoisotopic (exact) mass is 495 g/mol. The molecule has 3 atom stereocenters. The third kappa shape index (κ3) is 5.33. The van der Waals surface area contributed by atoms with Crippen LogP contribution in [0.1, 0.15) is 42.7 Å². The van der Waals surface area contributed by atoms with Gasteiger partial charge in [-0.3, -0.25) is 14.6 Å². The molecule has 2 aliphatic rings. The first-order chi connectivity index (χ1) is 18.0. The number of carbonyl (C=O) groups is 2. The summed E-state index contributed by atoms with van der Waals surface area (Å²) in [6, 6.07) is 26.0. The Morgan fingerprint density at radius 1 is 0.892 bits per heavy atom. The lowest BCUT2D eigenvalue weighted by atomic mass is 9.69. The number of esters is 1. The third-order valence-electron chi connectivity index (χ3n) is 7.01. The summed E-state index contributed by atoms with van der Waals surface area (Å²) in [5, 5.41) is 9.86. The smallest absolute Gasteiger partial charge is 0.315 e. The van der Waals surface area contributed by atoms with Gasteiger partial charge >= 0.3 is 5.97 Å². The topological polar surface area (TPSA) is 85.2 Å². The summed E-state index contributed by atoms with van der Waals surface area (Å²) in [6.07, 6.45) is 0.988. The normalized spacial score (nSPS) is 21.2. The van der Waals surface area contributed by atoms with Gasteiger partial charge < -0.3 is 14.6 Å². The van der Waals surface area contributed by atoms with Gasteiger partial charge in [-0.25, -0.2) is 0 Å². The minimum absolute atomic E-state index is 0.00496. The van der Waals surface area contributed by atoms with Crippen LogP contribution in [0.4, 0.5) is 0 Å². The molecule has 0 spiro atoms. The molecule has 1 aliphatic carbocycles. The highest BCUT2D eigenvalue weighted by molar-refractivity contribution is 6.09. The number of aliphatic imine (C=N–C) groups is 1. The highest BCUT2D eigenvalue weighted by Crippen LogP contribution is 2.47. The Balaban J connectivity index is 1.41. The first-order valence-electron chi connectivity index (χ1n) is 12.5. The number of ether oxygens (including phenoxy) is 2. The summed E-state index contributed by atoms with van der Waals surface area (Å²) < 4.78 is 11.3. The highest BCUT2D eigenvalue weighted by Gasteiger charge is 2.44. The number of hydrogen-bond donors (Lipinski definition) is 1. The van der Waals surface area contributed by atoms with Crippen molar-refractivity contribution < 1.29 is 24.2 Å². The van der Waals surface area contributed by atoms with Crippen LogP contribution in [0, 0.1) is 5.92 Å². The molecule has 6 heteroatoms. The molecule has 1 N–H and O–H groups in total. The molecule has 37 heavy (non-hydrogen) atoms. The Bertz CT molecular complexity index is 1330. The molecule has 1 aliphatic heterocycles. The van der Waals surface area contributed by atoms with E-state index in [2.05, 4.69) is 0 Å². The van der Waals surface area contributed by atoms with Crippen molar-refractivity contribution >= 4 is 17.5 Å². The van der Waals surface area contributed by atoms with E-state index in [0.29, 0.717) is 29.9 Å². The molecule has 0 radical (unpaired) electrons. The number of benzene rings is 3. The van der Waals surface area contributed by atoms with E-state index in [1.807, 2.05) is 67.6 Å². The van der Waals surface area contributed by atoms with Gasteiger partial charge in [-0.1, -0.05) is 60.7 Å². The number of hydrogen-bond acceptors (Lipinski definition) is 6. The van der Waals surface area contributed by atoms with E-state index < -0.39 is 17.8 Å². The number of allylic oxidation sites excluding steroid dienone is 2. The van der Waals surface area contributed by atoms with Gasteiger partial charge in [0, 0.05) is 29.3 Å². The van der Waals surface area contributed by atoms with Crippen LogP contribution in [0.15, 0.2) is 101 Å². The quantitative estimate of drug-likeness (QED) is 0.341. The lowest BCUT2D eigenvalue weighted by Gasteiger charge is -2.36. The average Bonchev–Trinajstić information content (AvgIpc) is 2.91. The van der Waals surface area contributed by atoms with Crippen LogP contribution < -0.4 is 4.74 Å². The summed E-state index contributed by atoms with van der Waals surface area (Å²) in [6.45, 7) is 2.12. The van der Waals surface area contributed by atoms with Crippen molar-refractivity contribution in [1.29, 1.82) is 0 Å². The second-order valence-corrected chi connectivity index (χ2v) is 9.43. The minimum Gasteiger partial charge on any atom is -0.508 e. The Morgan fingerprint density at radius 3 is 2.27 bits per heavy atom. The lowest BCUT2D eigenvalue weighted by molar-refractivity contribution is -0.147. The number of phenols is 1. The van der Waals surface area contributed by atoms with Gasteiger partial charge in [-0.2, -0.15) is 0 Å². The molecule has 0 fully saturated rings. The summed E-state index contributed by atoms with van der Waals surface area (Å²) in [5.74, 6) is -0.850. The van der Waals surface area contributed by atoms with E-state index in [9.17, 15) is 14.7 Å². The first kappa shape index (κ1) is 24.5. The Hall–Kier alpha value is -4.19. The van der Waals surface area contributed by atoms with Crippen molar-refractivity contribution in [3.8, 4) is 11.5 Å². The molecule has 5 rings (SSSR count). The lowest BCUT2D eigenvalue weighted by Crippen LogP contribution is -2.38. The zero-order chi connectivity index (χ0) is 25.8. The van der Waals surface area contributed by atoms with Crippen molar-refractivity contribution in [2.75, 3.05) is 13.2 Å². The van der Waals surface area contributed by atoms with Crippen molar-refractivity contribution in [2.24, 2.45) is 10.9 Å². The number of aromatic hydroxyl groups is 1. The van der Waals surface area contributed by atoms with E-state index in [-0.39, 0.29) is 30.7 Å². The molecule has 1 unspecified atom stereocenters. The SMILES string of the molecule is CC1=NC2=C(C(=O)C[C@@H](c3ccccc3)C2)[C@@H](c2ccc(O)cc2)C1C(=O)OCCOc1ccccc1. The number of ketones is 1. The van der Waals surface area contributed by atoms with Crippen molar-refractivity contribution in [1.82, 2.24) is 0 Å². The number of nitrogens with zero attached hydrogens (tertiary/aromatic N) is 1. The maximum Gasteiger partial charge on any atom is 0.315 e. The molecule has 188 valence electrons. The summed E-state index contributed by atoms with van der Waals surface area (Å²) >= 11 is 0. The van der Waals surface area contributed by atoms with Gasteiger partial charge in [0.1, 0.15) is 30.6 Å². The highest BCUT2D eigenvalue weighted by atomic mass is 16.6. The molecular weight excluding hydrogens is 466 g/mol. The second-order valence-electron chi connectivity index (χ2n) is 9.43. The standard InChI is InChI=1S/C31H29NO5/c1-20-28(31(35)37-17-16-36-25-10-6-3-7-11-25)29(22-12-14-24(33)15-13-22)30-26(32-20)18-23(19-27(30)34)21-8-4-2-5-9-21/h2-15,23,28-29,33H,16-19H2,1H3/t23-,28?,29-/m0/s1. The molecule has 3 aromatic carbocycles. The van der Waals surface area contributed by atoms with E-state index in [4.69, 9.17) is 14.5 Å². The van der Waals surface area contributed by atoms with Gasteiger partial charge in [-0.05, 0) is 54.7 Å². The fourth-order valence-corrected chi connectivity index (χ4v) is 5.28. The Labute approximate surface area is 216 Å². The zero-order valence-corrected chi connectivity index (χ0v) is 20.7. The largest absolute Gasteiger partial charge is 0.508 e. The molecular formula is C31H29NO5. The molecule has 0 bridgehead atoms. The van der Waals surface area contributed by atoms with E-state index in [0.717, 1.165) is 16.8 Å². The number of carbonyl (C=O) groups excluding carboxylic acids is 2. The maximum absolute atomic E-state index is 13.6. The van der Waals surface area contributed by atoms with E-state index in [1.165, 1.54) is 0 Å². The Morgan fingerprint density at radius 2 is 1.57 bits per heavy atom. The van der Waals surface area contributed by atoms with Crippen LogP contribution in [0.25, 0.3) is 0 Å². The van der Waals surface area contributed by atoms with Crippen molar-refractivity contribution in [2.45, 2.75) is 31.6 Å². The summed E-state index contributed by atoms with van der Waals surface area (Å²) in [4.78, 5) is 31.8. The third-order valence-corrected chi connectivity index (χ3v) is 7.01. The van der Waals surface area contributed by atoms with Crippen LogP contribution in [0.3, 0.4) is 0 Å². The maximum atomic E-state index is 13.6. The summed E-state index contributed by atoms with van der Waals surface area (Å²) in [7, 11) is 0. The van der Waals surface area contributed by atoms with Crippen molar-refractivity contribution in [3.63, 3.8) is 0 Å². The number of phenolic OH excluding ortho intramolecular Hbond substituents is 1. The number of para-hydroxylation sites is 1. The molecule has 3 aromatic rings. The molecule has 1 heterocycles. The van der Waals surface area contributed by atoms with Gasteiger partial charge in [0.25, 0.3) is 0 Å². The Kier molecular flexibility index (Phi) is 7.17. The molecule has 6 nitrogen and oxygen atoms in total. The fraction of sp³-hybridized carbons (Fsp3) is 0.258. The second kappa shape index (κ2) is 10.8. The van der Waals surface area contributed by atoms with Crippen LogP contribution in [0.2, 0.25) is 0 Å². The minimum atomic E-state index is -0.739. The number of rotatable bonds is 7. The molecule has 0 saturated heterocycles. The predicted octanol–water partition coefficient (Wildman–Crippen LogP) is 5.59. The predicted molar refractivity (Wildman–Crippen MR) is 141 cm³/mol. The van der Waals surface area contributed by atoms with E-state index in [1.54, 1.807) is 24.3 Å². The molecule has 0 amide bonds. The molecule has 0 aromatic heterocycles. The van der Waals surface area contributed by atoms with Crippen LogP contribution in [-0.4, -0.2) is 35.8 Å². The zero-order valence-electron chi connectivity index (χ0n) is 20.7. The van der Waals surface area contributed by atoms with Crippen LogP contribution >= 0.6 is 0 Å². The van der Waals surface area contributed by atoms with Crippen molar-refractivity contribution in [3.05, 3.63) is 107 Å². The summed E-state index contributed by atoms with van der Waals surface area (Å²) in [5.41, 5.74) is 3.81. The van der Waals surface area contributed by atoms with Crippen LogP contribution in [0.5, 0.6) is 11.5 Å². The fourth-order valence-electron chi connectivity index (χ4n) is 5.28. The molecule has 0 saturated carbocycles. The first-order valence-corrected chi connectivity index (χ1v) is 12.5. The average molecular weight is 496 g/mol. The van der Waals surface area contributed by atoms with Gasteiger partial charge in [-0.15, -0.1) is 0 Å². The van der Waals surface area contributed by atoms with E-state index >= 15 is 0 Å².